The van der Waals surface area contributed by atoms with Gasteiger partial charge in [-0.1, -0.05) is 24.9 Å². The predicted octanol–water partition coefficient (Wildman–Crippen LogP) is 3.64. The van der Waals surface area contributed by atoms with Crippen molar-refractivity contribution in [1.29, 1.82) is 0 Å². The average Bonchev–Trinajstić information content (AvgIpc) is 2.73. The van der Waals surface area contributed by atoms with Gasteiger partial charge in [0.2, 0.25) is 0 Å². The molecule has 0 radical (unpaired) electrons. The third kappa shape index (κ3) is 2.88. The van der Waals surface area contributed by atoms with Gasteiger partial charge in [-0.2, -0.15) is 0 Å². The normalized spacial score (nSPS) is 11.2. The van der Waals surface area contributed by atoms with Crippen LogP contribution in [0, 0.1) is 0 Å². The van der Waals surface area contributed by atoms with Gasteiger partial charge >= 0.3 is 0 Å². The van der Waals surface area contributed by atoms with E-state index in [0.29, 0.717) is 10.8 Å². The zero-order valence-corrected chi connectivity index (χ0v) is 12.2. The van der Waals surface area contributed by atoms with Crippen molar-refractivity contribution in [3.8, 4) is 5.75 Å². The average molecular weight is 282 g/mol. The van der Waals surface area contributed by atoms with Crippen LogP contribution in [-0.4, -0.2) is 23.4 Å². The maximum atomic E-state index is 8.99. The number of aliphatic hydroxyl groups excluding tert-OH is 1. The lowest BCUT2D eigenvalue weighted by Gasteiger charge is -2.07. The number of methoxy groups -OCH3 is 1. The molecule has 1 N–H and O–H groups in total. The van der Waals surface area contributed by atoms with E-state index in [-0.39, 0.29) is 6.61 Å². The van der Waals surface area contributed by atoms with Crippen molar-refractivity contribution in [2.45, 2.75) is 32.7 Å². The first-order valence-electron chi connectivity index (χ1n) is 6.67. The van der Waals surface area contributed by atoms with E-state index in [0.717, 1.165) is 31.3 Å². The number of aliphatic hydroxyl groups is 1. The molecule has 3 nitrogen and oxygen atoms in total. The highest BCUT2D eigenvalue weighted by Gasteiger charge is 2.12. The third-order valence-corrected chi connectivity index (χ3v) is 3.61. The number of hydrogen-bond donors (Lipinski definition) is 1. The molecule has 0 fully saturated rings. The summed E-state index contributed by atoms with van der Waals surface area (Å²) in [5.74, 6) is 0.714. The zero-order chi connectivity index (χ0) is 13.8. The first-order valence-corrected chi connectivity index (χ1v) is 7.05. The maximum absolute atomic E-state index is 8.99. The number of hydrogen-bond acceptors (Lipinski definition) is 2. The van der Waals surface area contributed by atoms with E-state index >= 15 is 0 Å². The van der Waals surface area contributed by atoms with Crippen molar-refractivity contribution in [3.05, 3.63) is 28.9 Å². The van der Waals surface area contributed by atoms with Gasteiger partial charge in [0, 0.05) is 24.7 Å². The zero-order valence-electron chi connectivity index (χ0n) is 11.4. The molecule has 0 aliphatic rings. The largest absolute Gasteiger partial charge is 0.495 e. The van der Waals surface area contributed by atoms with Crippen LogP contribution in [0.3, 0.4) is 0 Å². The molecular formula is C15H20ClNO2. The van der Waals surface area contributed by atoms with Gasteiger partial charge in [0.05, 0.1) is 17.6 Å². The number of halogens is 1. The van der Waals surface area contributed by atoms with E-state index in [2.05, 4.69) is 17.7 Å². The Hall–Kier alpha value is -1.19. The Bertz CT molecular complexity index is 563. The molecule has 0 unspecified atom stereocenters. The number of fused-ring (bicyclic) bond motifs is 1. The lowest BCUT2D eigenvalue weighted by atomic mass is 10.1. The molecular weight excluding hydrogens is 262 g/mol. The molecule has 0 saturated carbocycles. The summed E-state index contributed by atoms with van der Waals surface area (Å²) in [7, 11) is 1.63. The Labute approximate surface area is 118 Å². The van der Waals surface area contributed by atoms with Crippen LogP contribution in [0.1, 0.15) is 25.3 Å². The molecule has 1 aromatic carbocycles. The van der Waals surface area contributed by atoms with E-state index in [9.17, 15) is 0 Å². The van der Waals surface area contributed by atoms with Crippen LogP contribution < -0.4 is 4.74 Å². The molecule has 2 aromatic rings. The number of aromatic nitrogens is 1. The molecule has 0 atom stereocenters. The summed E-state index contributed by atoms with van der Waals surface area (Å²) in [4.78, 5) is 0. The molecule has 0 bridgehead atoms. The van der Waals surface area contributed by atoms with Crippen LogP contribution in [-0.2, 0) is 13.0 Å². The number of ether oxygens (including phenoxy) is 1. The van der Waals surface area contributed by atoms with Crippen molar-refractivity contribution in [3.63, 3.8) is 0 Å². The minimum atomic E-state index is 0.201. The topological polar surface area (TPSA) is 34.4 Å². The van der Waals surface area contributed by atoms with Gasteiger partial charge in [0.25, 0.3) is 0 Å². The SMILES string of the molecule is CCCc1cn(CCCO)c2cc(Cl)c(OC)cc12. The summed E-state index contributed by atoms with van der Waals surface area (Å²) >= 11 is 6.21. The first kappa shape index (κ1) is 14.2. The summed E-state index contributed by atoms with van der Waals surface area (Å²) < 4.78 is 7.46. The number of nitrogens with zero attached hydrogens (tertiary/aromatic N) is 1. The molecule has 0 aliphatic carbocycles. The van der Waals surface area contributed by atoms with Gasteiger partial charge in [-0.05, 0) is 30.5 Å². The maximum Gasteiger partial charge on any atom is 0.138 e. The van der Waals surface area contributed by atoms with Crippen molar-refractivity contribution in [2.75, 3.05) is 13.7 Å². The Balaban J connectivity index is 2.54. The van der Waals surface area contributed by atoms with Crippen molar-refractivity contribution < 1.29 is 9.84 Å². The van der Waals surface area contributed by atoms with Crippen LogP contribution in [0.2, 0.25) is 5.02 Å². The number of rotatable bonds is 6. The fourth-order valence-electron chi connectivity index (χ4n) is 2.42. The fraction of sp³-hybridized carbons (Fsp3) is 0.467. The summed E-state index contributed by atoms with van der Waals surface area (Å²) in [5, 5.41) is 10.8. The highest BCUT2D eigenvalue weighted by Crippen LogP contribution is 2.33. The minimum absolute atomic E-state index is 0.201. The van der Waals surface area contributed by atoms with Gasteiger partial charge < -0.3 is 14.4 Å². The van der Waals surface area contributed by atoms with E-state index in [1.807, 2.05) is 12.1 Å². The number of benzene rings is 1. The molecule has 2 rings (SSSR count). The standard InChI is InChI=1S/C15H20ClNO2/c1-3-5-11-10-17(6-4-7-18)14-9-13(16)15(19-2)8-12(11)14/h8-10,18H,3-7H2,1-2H3. The number of aryl methyl sites for hydroxylation is 2. The Kier molecular flexibility index (Phi) is 4.72. The molecule has 0 saturated heterocycles. The van der Waals surface area contributed by atoms with Crippen LogP contribution >= 0.6 is 11.6 Å². The van der Waals surface area contributed by atoms with Gasteiger partial charge in [0.1, 0.15) is 5.75 Å². The Morgan fingerprint density at radius 3 is 2.79 bits per heavy atom. The summed E-state index contributed by atoms with van der Waals surface area (Å²) in [6.45, 7) is 3.18. The lowest BCUT2D eigenvalue weighted by Crippen LogP contribution is -1.98. The molecule has 1 aromatic heterocycles. The fourth-order valence-corrected chi connectivity index (χ4v) is 2.65. The van der Waals surface area contributed by atoms with Crippen LogP contribution in [0.25, 0.3) is 10.9 Å². The lowest BCUT2D eigenvalue weighted by molar-refractivity contribution is 0.280. The monoisotopic (exact) mass is 281 g/mol. The third-order valence-electron chi connectivity index (χ3n) is 3.31. The molecule has 1 heterocycles. The van der Waals surface area contributed by atoms with Crippen molar-refractivity contribution in [1.82, 2.24) is 4.57 Å². The van der Waals surface area contributed by atoms with Gasteiger partial charge in [-0.25, -0.2) is 0 Å². The van der Waals surface area contributed by atoms with Crippen molar-refractivity contribution in [2.24, 2.45) is 0 Å². The van der Waals surface area contributed by atoms with Gasteiger partial charge in [-0.3, -0.25) is 0 Å². The Morgan fingerprint density at radius 2 is 2.16 bits per heavy atom. The summed E-state index contributed by atoms with van der Waals surface area (Å²) in [5.41, 5.74) is 2.42. The summed E-state index contributed by atoms with van der Waals surface area (Å²) in [6.07, 6.45) is 5.05. The first-order chi connectivity index (χ1) is 9.21. The second kappa shape index (κ2) is 6.31. The highest BCUT2D eigenvalue weighted by atomic mass is 35.5. The van der Waals surface area contributed by atoms with Crippen molar-refractivity contribution >= 4 is 22.5 Å². The van der Waals surface area contributed by atoms with Crippen LogP contribution in [0.5, 0.6) is 5.75 Å². The second-order valence-corrected chi connectivity index (χ2v) is 5.09. The minimum Gasteiger partial charge on any atom is -0.495 e. The van der Waals surface area contributed by atoms with E-state index < -0.39 is 0 Å². The quantitative estimate of drug-likeness (QED) is 0.877. The molecule has 19 heavy (non-hydrogen) atoms. The molecule has 0 amide bonds. The smallest absolute Gasteiger partial charge is 0.138 e. The van der Waals surface area contributed by atoms with Gasteiger partial charge in [-0.15, -0.1) is 0 Å². The van der Waals surface area contributed by atoms with Crippen LogP contribution in [0.4, 0.5) is 0 Å². The predicted molar refractivity (Wildman–Crippen MR) is 79.2 cm³/mol. The van der Waals surface area contributed by atoms with E-state index in [1.165, 1.54) is 10.9 Å². The molecule has 104 valence electrons. The second-order valence-electron chi connectivity index (χ2n) is 4.68. The van der Waals surface area contributed by atoms with E-state index in [1.54, 1.807) is 7.11 Å². The van der Waals surface area contributed by atoms with Crippen LogP contribution in [0.15, 0.2) is 18.3 Å². The molecule has 4 heteroatoms. The summed E-state index contributed by atoms with van der Waals surface area (Å²) in [6, 6.07) is 3.96. The highest BCUT2D eigenvalue weighted by molar-refractivity contribution is 6.32. The Morgan fingerprint density at radius 1 is 1.37 bits per heavy atom. The van der Waals surface area contributed by atoms with E-state index in [4.69, 9.17) is 21.4 Å². The molecule has 0 spiro atoms. The molecule has 0 aliphatic heterocycles. The van der Waals surface area contributed by atoms with Gasteiger partial charge in [0.15, 0.2) is 0 Å².